The summed E-state index contributed by atoms with van der Waals surface area (Å²) in [4.78, 5) is 12.6. The van der Waals surface area contributed by atoms with Crippen molar-refractivity contribution in [1.29, 1.82) is 0 Å². The molecule has 0 saturated carbocycles. The highest BCUT2D eigenvalue weighted by Gasteiger charge is 2.35. The van der Waals surface area contributed by atoms with Gasteiger partial charge in [-0.3, -0.25) is 0 Å². The van der Waals surface area contributed by atoms with Crippen LogP contribution in [0.4, 0.5) is 18.9 Å². The molecule has 0 radical (unpaired) electrons. The molecular formula is C13H12F3N3O3. The summed E-state index contributed by atoms with van der Waals surface area (Å²) in [5.41, 5.74) is -0.414. The van der Waals surface area contributed by atoms with E-state index in [1.54, 1.807) is 4.90 Å². The summed E-state index contributed by atoms with van der Waals surface area (Å²) in [5, 5.41) is 5.72. The zero-order chi connectivity index (χ0) is 15.7. The Morgan fingerprint density at radius 3 is 2.55 bits per heavy atom. The smallest absolute Gasteiger partial charge is 0.388 e. The third-order valence-corrected chi connectivity index (χ3v) is 3.34. The molecule has 6 nitrogen and oxygen atoms in total. The van der Waals surface area contributed by atoms with E-state index in [0.29, 0.717) is 31.9 Å². The van der Waals surface area contributed by atoms with Crippen LogP contribution < -0.4 is 10.7 Å². The van der Waals surface area contributed by atoms with Gasteiger partial charge in [0.05, 0.1) is 18.8 Å². The van der Waals surface area contributed by atoms with E-state index in [4.69, 9.17) is 9.15 Å². The number of nitrogens with zero attached hydrogens (tertiary/aromatic N) is 2. The minimum atomic E-state index is -4.47. The standard InChI is InChI=1S/C13H12F3N3O3/c14-13(15,16)9-2-1-8(11-17-18-12(20)22-11)7-10(9)19-3-5-21-6-4-19/h1-2,7H,3-6H2,(H,18,20). The predicted molar refractivity (Wildman–Crippen MR) is 70.6 cm³/mol. The molecule has 0 unspecified atom stereocenters. The summed E-state index contributed by atoms with van der Waals surface area (Å²) >= 11 is 0. The van der Waals surface area contributed by atoms with E-state index >= 15 is 0 Å². The van der Waals surface area contributed by atoms with Gasteiger partial charge in [-0.15, -0.1) is 5.10 Å². The number of morpholine rings is 1. The van der Waals surface area contributed by atoms with Crippen LogP contribution >= 0.6 is 0 Å². The Morgan fingerprint density at radius 2 is 1.95 bits per heavy atom. The number of halogens is 3. The maximum Gasteiger partial charge on any atom is 0.434 e. The molecule has 1 N–H and O–H groups in total. The van der Waals surface area contributed by atoms with Gasteiger partial charge in [-0.05, 0) is 18.2 Å². The van der Waals surface area contributed by atoms with Crippen LogP contribution in [0.5, 0.6) is 0 Å². The zero-order valence-corrected chi connectivity index (χ0v) is 11.3. The highest BCUT2D eigenvalue weighted by molar-refractivity contribution is 5.66. The average molecular weight is 315 g/mol. The van der Waals surface area contributed by atoms with Gasteiger partial charge >= 0.3 is 11.9 Å². The summed E-state index contributed by atoms with van der Waals surface area (Å²) in [5.74, 6) is -0.809. The summed E-state index contributed by atoms with van der Waals surface area (Å²) < 4.78 is 49.5. The quantitative estimate of drug-likeness (QED) is 0.916. The summed E-state index contributed by atoms with van der Waals surface area (Å²) in [6.45, 7) is 1.44. The topological polar surface area (TPSA) is 71.4 Å². The van der Waals surface area contributed by atoms with E-state index in [0.717, 1.165) is 6.07 Å². The minimum Gasteiger partial charge on any atom is -0.388 e. The number of alkyl halides is 3. The molecule has 1 aromatic heterocycles. The lowest BCUT2D eigenvalue weighted by molar-refractivity contribution is -0.137. The van der Waals surface area contributed by atoms with Crippen molar-refractivity contribution in [1.82, 2.24) is 10.2 Å². The third-order valence-electron chi connectivity index (χ3n) is 3.34. The highest BCUT2D eigenvalue weighted by Crippen LogP contribution is 2.38. The molecule has 3 rings (SSSR count). The number of hydrogen-bond donors (Lipinski definition) is 1. The van der Waals surface area contributed by atoms with Crippen LogP contribution in [0, 0.1) is 0 Å². The van der Waals surface area contributed by atoms with Gasteiger partial charge in [0.15, 0.2) is 0 Å². The molecule has 22 heavy (non-hydrogen) atoms. The van der Waals surface area contributed by atoms with Crippen molar-refractivity contribution in [2.24, 2.45) is 0 Å². The molecule has 1 aromatic carbocycles. The Kier molecular flexibility index (Phi) is 3.65. The number of rotatable bonds is 2. The van der Waals surface area contributed by atoms with Crippen molar-refractivity contribution in [3.05, 3.63) is 34.3 Å². The first-order valence-corrected chi connectivity index (χ1v) is 6.55. The number of hydrogen-bond acceptors (Lipinski definition) is 5. The lowest BCUT2D eigenvalue weighted by atomic mass is 10.1. The predicted octanol–water partition coefficient (Wildman–Crippen LogP) is 1.89. The Balaban J connectivity index is 2.07. The van der Waals surface area contributed by atoms with Crippen LogP contribution in [0.3, 0.4) is 0 Å². The number of ether oxygens (including phenoxy) is 1. The number of nitrogens with one attached hydrogen (secondary N) is 1. The largest absolute Gasteiger partial charge is 0.434 e. The zero-order valence-electron chi connectivity index (χ0n) is 11.3. The second kappa shape index (κ2) is 5.48. The summed E-state index contributed by atoms with van der Waals surface area (Å²) in [7, 11) is 0. The fourth-order valence-electron chi connectivity index (χ4n) is 2.32. The number of benzene rings is 1. The molecule has 1 aliphatic rings. The molecule has 0 aliphatic carbocycles. The molecule has 2 heterocycles. The highest BCUT2D eigenvalue weighted by atomic mass is 19.4. The molecule has 2 aromatic rings. The number of H-pyrrole nitrogens is 1. The van der Waals surface area contributed by atoms with Crippen LogP contribution in [0.15, 0.2) is 27.4 Å². The fourth-order valence-corrected chi connectivity index (χ4v) is 2.32. The van der Waals surface area contributed by atoms with Gasteiger partial charge in [-0.2, -0.15) is 13.2 Å². The molecule has 1 fully saturated rings. The minimum absolute atomic E-state index is 0.0268. The monoisotopic (exact) mass is 315 g/mol. The molecule has 1 aliphatic heterocycles. The van der Waals surface area contributed by atoms with Gasteiger partial charge < -0.3 is 14.1 Å². The normalized spacial score (nSPS) is 16.0. The molecule has 0 spiro atoms. The van der Waals surface area contributed by atoms with Crippen molar-refractivity contribution >= 4 is 5.69 Å². The molecule has 1 saturated heterocycles. The van der Waals surface area contributed by atoms with Crippen molar-refractivity contribution in [2.45, 2.75) is 6.18 Å². The number of aromatic nitrogens is 2. The molecule has 9 heteroatoms. The Morgan fingerprint density at radius 1 is 1.23 bits per heavy atom. The van der Waals surface area contributed by atoms with Gasteiger partial charge in [0.25, 0.3) is 0 Å². The SMILES string of the molecule is O=c1[nH]nc(-c2ccc(C(F)(F)F)c(N3CCOCC3)c2)o1. The van der Waals surface area contributed by atoms with Crippen molar-refractivity contribution < 1.29 is 22.3 Å². The number of aromatic amines is 1. The molecule has 118 valence electrons. The molecule has 0 bridgehead atoms. The summed E-state index contributed by atoms with van der Waals surface area (Å²) in [6.07, 6.45) is -4.47. The lowest BCUT2D eigenvalue weighted by Gasteiger charge is -2.31. The maximum absolute atomic E-state index is 13.2. The second-order valence-electron chi connectivity index (χ2n) is 4.75. The molecule has 0 amide bonds. The van der Waals surface area contributed by atoms with Crippen LogP contribution in [0.2, 0.25) is 0 Å². The second-order valence-corrected chi connectivity index (χ2v) is 4.75. The molecular weight excluding hydrogens is 303 g/mol. The van der Waals surface area contributed by atoms with Crippen molar-refractivity contribution in [2.75, 3.05) is 31.2 Å². The summed E-state index contributed by atoms with van der Waals surface area (Å²) in [6, 6.07) is 3.52. The van der Waals surface area contributed by atoms with Crippen molar-refractivity contribution in [3.8, 4) is 11.5 Å². The van der Waals surface area contributed by atoms with Crippen LogP contribution in [0.1, 0.15) is 5.56 Å². The van der Waals surface area contributed by atoms with Gasteiger partial charge in [0.2, 0.25) is 5.89 Å². The van der Waals surface area contributed by atoms with Gasteiger partial charge in [0.1, 0.15) is 0 Å². The lowest BCUT2D eigenvalue weighted by Crippen LogP contribution is -2.37. The Labute approximate surface area is 122 Å². The fraction of sp³-hybridized carbons (Fsp3) is 0.385. The first kappa shape index (κ1) is 14.6. The van der Waals surface area contributed by atoms with Crippen LogP contribution in [-0.4, -0.2) is 36.5 Å². The average Bonchev–Trinajstić information content (AvgIpc) is 2.93. The van der Waals surface area contributed by atoms with Gasteiger partial charge in [0, 0.05) is 24.3 Å². The van der Waals surface area contributed by atoms with E-state index in [1.807, 2.05) is 0 Å². The van der Waals surface area contributed by atoms with E-state index in [1.165, 1.54) is 12.1 Å². The van der Waals surface area contributed by atoms with Crippen LogP contribution in [0.25, 0.3) is 11.5 Å². The van der Waals surface area contributed by atoms with Gasteiger partial charge in [-0.1, -0.05) is 0 Å². The Bertz CT molecular complexity index is 717. The van der Waals surface area contributed by atoms with E-state index in [9.17, 15) is 18.0 Å². The maximum atomic E-state index is 13.2. The first-order chi connectivity index (χ1) is 10.4. The number of anilines is 1. The van der Waals surface area contributed by atoms with E-state index < -0.39 is 17.5 Å². The Hall–Kier alpha value is -2.29. The van der Waals surface area contributed by atoms with Gasteiger partial charge in [-0.25, -0.2) is 9.89 Å². The van der Waals surface area contributed by atoms with Crippen molar-refractivity contribution in [3.63, 3.8) is 0 Å². The van der Waals surface area contributed by atoms with Crippen LogP contribution in [-0.2, 0) is 10.9 Å². The van der Waals surface area contributed by atoms with E-state index in [2.05, 4.69) is 10.2 Å². The molecule has 0 atom stereocenters. The van der Waals surface area contributed by atoms with E-state index in [-0.39, 0.29) is 11.6 Å². The third kappa shape index (κ3) is 2.84. The first-order valence-electron chi connectivity index (χ1n) is 6.55.